The fourth-order valence-corrected chi connectivity index (χ4v) is 1.38. The molecule has 64 valence electrons. The lowest BCUT2D eigenvalue weighted by Gasteiger charge is -1.97. The van der Waals surface area contributed by atoms with Gasteiger partial charge in [0.1, 0.15) is 0 Å². The third-order valence-electron chi connectivity index (χ3n) is 1.37. The molecular weight excluding hydrogens is 196 g/mol. The predicted octanol–water partition coefficient (Wildman–Crippen LogP) is 2.56. The molecule has 1 N–H and O–H groups in total. The Morgan fingerprint density at radius 1 is 1.42 bits per heavy atom. The molecule has 0 aliphatic heterocycles. The van der Waals surface area contributed by atoms with Gasteiger partial charge in [0.05, 0.1) is 6.42 Å². The van der Waals surface area contributed by atoms with Crippen molar-refractivity contribution in [3.05, 3.63) is 29.8 Å². The van der Waals surface area contributed by atoms with E-state index in [1.807, 2.05) is 0 Å². The van der Waals surface area contributed by atoms with E-state index in [0.29, 0.717) is 0 Å². The highest BCUT2D eigenvalue weighted by molar-refractivity contribution is 8.21. The first kappa shape index (κ1) is 9.42. The zero-order valence-corrected chi connectivity index (χ0v) is 7.73. The van der Waals surface area contributed by atoms with Gasteiger partial charge in [0.2, 0.25) is 0 Å². The van der Waals surface area contributed by atoms with Crippen LogP contribution < -0.4 is 0 Å². The number of benzene rings is 1. The molecule has 0 aromatic heterocycles. The highest BCUT2D eigenvalue weighted by Crippen LogP contribution is 2.21. The van der Waals surface area contributed by atoms with E-state index in [0.717, 1.165) is 21.4 Å². The van der Waals surface area contributed by atoms with Gasteiger partial charge in [0.25, 0.3) is 0 Å². The summed E-state index contributed by atoms with van der Waals surface area (Å²) in [5, 5.41) is 8.46. The van der Waals surface area contributed by atoms with Crippen LogP contribution in [-0.2, 0) is 11.2 Å². The van der Waals surface area contributed by atoms with Crippen molar-refractivity contribution in [1.29, 1.82) is 0 Å². The molecule has 12 heavy (non-hydrogen) atoms. The standard InChI is InChI=1S/C8H7ClO2S/c9-12-7-3-1-6(2-4-7)5-8(10)11/h1-4H,5H2,(H,10,11). The Kier molecular flexibility index (Phi) is 3.44. The highest BCUT2D eigenvalue weighted by atomic mass is 35.7. The lowest BCUT2D eigenvalue weighted by molar-refractivity contribution is -0.136. The molecule has 0 spiro atoms. The highest BCUT2D eigenvalue weighted by Gasteiger charge is 1.99. The fraction of sp³-hybridized carbons (Fsp3) is 0.125. The van der Waals surface area contributed by atoms with Crippen LogP contribution in [0.5, 0.6) is 0 Å². The van der Waals surface area contributed by atoms with Gasteiger partial charge in [-0.25, -0.2) is 0 Å². The molecule has 0 aliphatic carbocycles. The van der Waals surface area contributed by atoms with E-state index in [1.165, 1.54) is 0 Å². The van der Waals surface area contributed by atoms with Crippen LogP contribution in [0.1, 0.15) is 5.56 Å². The lowest BCUT2D eigenvalue weighted by Crippen LogP contribution is -1.99. The summed E-state index contributed by atoms with van der Waals surface area (Å²) >= 11 is 0. The number of halogens is 1. The summed E-state index contributed by atoms with van der Waals surface area (Å²) in [6.07, 6.45) is 0.0627. The zero-order valence-electron chi connectivity index (χ0n) is 6.16. The van der Waals surface area contributed by atoms with Gasteiger partial charge in [-0.05, 0) is 39.4 Å². The van der Waals surface area contributed by atoms with E-state index < -0.39 is 5.97 Å². The number of carbonyl (C=O) groups is 1. The Morgan fingerprint density at radius 2 is 2.00 bits per heavy atom. The van der Waals surface area contributed by atoms with E-state index in [1.54, 1.807) is 24.3 Å². The minimum Gasteiger partial charge on any atom is -0.481 e. The second kappa shape index (κ2) is 4.38. The first-order valence-electron chi connectivity index (χ1n) is 3.31. The molecule has 1 rings (SSSR count). The van der Waals surface area contributed by atoms with Crippen LogP contribution in [0.3, 0.4) is 0 Å². The van der Waals surface area contributed by atoms with E-state index in [-0.39, 0.29) is 6.42 Å². The van der Waals surface area contributed by atoms with Gasteiger partial charge in [0, 0.05) is 4.90 Å². The van der Waals surface area contributed by atoms with Crippen LogP contribution in [-0.4, -0.2) is 11.1 Å². The Labute approximate surface area is 79.0 Å². The van der Waals surface area contributed by atoms with Crippen molar-refractivity contribution in [3.63, 3.8) is 0 Å². The SMILES string of the molecule is O=C(O)Cc1ccc(SCl)cc1. The van der Waals surface area contributed by atoms with E-state index in [4.69, 9.17) is 15.8 Å². The maximum absolute atomic E-state index is 10.3. The van der Waals surface area contributed by atoms with Crippen LogP contribution in [0.4, 0.5) is 0 Å². The average molecular weight is 203 g/mol. The first-order valence-corrected chi connectivity index (χ1v) is 4.96. The van der Waals surface area contributed by atoms with Crippen LogP contribution in [0.2, 0.25) is 0 Å². The molecular formula is C8H7ClO2S. The maximum Gasteiger partial charge on any atom is 0.307 e. The summed E-state index contributed by atoms with van der Waals surface area (Å²) in [6, 6.07) is 7.13. The maximum atomic E-state index is 10.3. The second-order valence-corrected chi connectivity index (χ2v) is 3.38. The summed E-state index contributed by atoms with van der Waals surface area (Å²) in [4.78, 5) is 11.2. The topological polar surface area (TPSA) is 37.3 Å². The number of carboxylic acids is 1. The summed E-state index contributed by atoms with van der Waals surface area (Å²) in [6.45, 7) is 0. The van der Waals surface area contributed by atoms with Crippen molar-refractivity contribution in [3.8, 4) is 0 Å². The Morgan fingerprint density at radius 3 is 2.42 bits per heavy atom. The summed E-state index contributed by atoms with van der Waals surface area (Å²) in [7, 11) is 6.61. The molecule has 0 saturated carbocycles. The molecule has 2 nitrogen and oxygen atoms in total. The van der Waals surface area contributed by atoms with Gasteiger partial charge in [-0.15, -0.1) is 0 Å². The van der Waals surface area contributed by atoms with Gasteiger partial charge < -0.3 is 5.11 Å². The predicted molar refractivity (Wildman–Crippen MR) is 49.5 cm³/mol. The number of rotatable bonds is 3. The average Bonchev–Trinajstić information content (AvgIpc) is 2.05. The molecule has 0 fully saturated rings. The van der Waals surface area contributed by atoms with E-state index in [2.05, 4.69) is 0 Å². The first-order chi connectivity index (χ1) is 5.72. The third-order valence-corrected chi connectivity index (χ3v) is 2.35. The van der Waals surface area contributed by atoms with Crippen molar-refractivity contribution in [2.24, 2.45) is 0 Å². The van der Waals surface area contributed by atoms with Gasteiger partial charge >= 0.3 is 5.97 Å². The molecule has 0 bridgehead atoms. The van der Waals surface area contributed by atoms with Crippen LogP contribution >= 0.6 is 21.7 Å². The summed E-state index contributed by atoms with van der Waals surface area (Å²) in [5.41, 5.74) is 0.789. The van der Waals surface area contributed by atoms with E-state index >= 15 is 0 Å². The number of aliphatic carboxylic acids is 1. The molecule has 0 amide bonds. The summed E-state index contributed by atoms with van der Waals surface area (Å²) in [5.74, 6) is -0.818. The number of hydrogen-bond acceptors (Lipinski definition) is 2. The lowest BCUT2D eigenvalue weighted by atomic mass is 10.2. The second-order valence-electron chi connectivity index (χ2n) is 2.29. The number of hydrogen-bond donors (Lipinski definition) is 1. The van der Waals surface area contributed by atoms with Crippen LogP contribution in [0, 0.1) is 0 Å². The van der Waals surface area contributed by atoms with Gasteiger partial charge in [-0.2, -0.15) is 0 Å². The fourth-order valence-electron chi connectivity index (χ4n) is 0.833. The molecule has 0 aliphatic rings. The van der Waals surface area contributed by atoms with E-state index in [9.17, 15) is 4.79 Å². The van der Waals surface area contributed by atoms with Gasteiger partial charge in [0.15, 0.2) is 0 Å². The molecule has 0 saturated heterocycles. The number of carboxylic acid groups (broad SMARTS) is 1. The van der Waals surface area contributed by atoms with Crippen molar-refractivity contribution in [1.82, 2.24) is 0 Å². The smallest absolute Gasteiger partial charge is 0.307 e. The summed E-state index contributed by atoms with van der Waals surface area (Å²) < 4.78 is 0. The molecule has 1 aromatic rings. The van der Waals surface area contributed by atoms with Crippen LogP contribution in [0.15, 0.2) is 29.2 Å². The Bertz CT molecular complexity index is 271. The largest absolute Gasteiger partial charge is 0.481 e. The van der Waals surface area contributed by atoms with Gasteiger partial charge in [-0.1, -0.05) is 12.1 Å². The molecule has 0 atom stereocenters. The van der Waals surface area contributed by atoms with Crippen LogP contribution in [0.25, 0.3) is 0 Å². The Hall–Kier alpha value is -0.670. The zero-order chi connectivity index (χ0) is 8.97. The normalized spacial score (nSPS) is 9.75. The third kappa shape index (κ3) is 2.75. The van der Waals surface area contributed by atoms with Crippen molar-refractivity contribution < 1.29 is 9.90 Å². The minimum atomic E-state index is -0.818. The molecule has 0 radical (unpaired) electrons. The van der Waals surface area contributed by atoms with Gasteiger partial charge in [-0.3, -0.25) is 4.79 Å². The Balaban J connectivity index is 2.71. The van der Waals surface area contributed by atoms with Crippen molar-refractivity contribution in [2.75, 3.05) is 0 Å². The minimum absolute atomic E-state index is 0.0627. The molecule has 0 unspecified atom stereocenters. The molecule has 4 heteroatoms. The molecule has 1 aromatic carbocycles. The monoisotopic (exact) mass is 202 g/mol. The van der Waals surface area contributed by atoms with Crippen molar-refractivity contribution in [2.45, 2.75) is 11.3 Å². The quantitative estimate of drug-likeness (QED) is 0.819. The molecule has 0 heterocycles. The van der Waals surface area contributed by atoms with Crippen molar-refractivity contribution >= 4 is 27.6 Å².